The highest BCUT2D eigenvalue weighted by Gasteiger charge is 2.29. The SMILES string of the molecule is COc1cc2c(cc1OC)/C(=C\c1ccc(C3CCC3N)cc1)C(=O)N2. The highest BCUT2D eigenvalue weighted by molar-refractivity contribution is 6.35. The molecule has 1 fully saturated rings. The Labute approximate surface area is 152 Å². The van der Waals surface area contributed by atoms with Gasteiger partial charge in [-0.2, -0.15) is 0 Å². The molecule has 1 heterocycles. The van der Waals surface area contributed by atoms with Crippen molar-refractivity contribution in [2.24, 2.45) is 5.73 Å². The topological polar surface area (TPSA) is 73.6 Å². The van der Waals surface area contributed by atoms with E-state index in [0.717, 1.165) is 29.7 Å². The minimum absolute atomic E-state index is 0.125. The van der Waals surface area contributed by atoms with Gasteiger partial charge in [0.05, 0.1) is 19.9 Å². The van der Waals surface area contributed by atoms with Crippen LogP contribution in [0.5, 0.6) is 11.5 Å². The van der Waals surface area contributed by atoms with Crippen LogP contribution in [-0.2, 0) is 4.79 Å². The molecule has 2 atom stereocenters. The van der Waals surface area contributed by atoms with Crippen molar-refractivity contribution in [3.05, 3.63) is 53.1 Å². The van der Waals surface area contributed by atoms with E-state index < -0.39 is 0 Å². The quantitative estimate of drug-likeness (QED) is 0.829. The van der Waals surface area contributed by atoms with Crippen molar-refractivity contribution in [1.29, 1.82) is 0 Å². The normalized spacial score (nSPS) is 22.6. The lowest BCUT2D eigenvalue weighted by Gasteiger charge is -2.33. The number of benzene rings is 2. The molecule has 1 saturated carbocycles. The van der Waals surface area contributed by atoms with Gasteiger partial charge in [-0.05, 0) is 42.0 Å². The number of hydrogen-bond acceptors (Lipinski definition) is 4. The number of carbonyl (C=O) groups excluding carboxylic acids is 1. The highest BCUT2D eigenvalue weighted by atomic mass is 16.5. The second-order valence-corrected chi connectivity index (χ2v) is 6.78. The zero-order chi connectivity index (χ0) is 18.3. The number of amides is 1. The number of rotatable bonds is 4. The fourth-order valence-electron chi connectivity index (χ4n) is 3.61. The first-order valence-corrected chi connectivity index (χ1v) is 8.75. The fraction of sp³-hybridized carbons (Fsp3) is 0.286. The first kappa shape index (κ1) is 16.7. The Hall–Kier alpha value is -2.79. The lowest BCUT2D eigenvalue weighted by molar-refractivity contribution is -0.110. The summed E-state index contributed by atoms with van der Waals surface area (Å²) in [6, 6.07) is 12.2. The van der Waals surface area contributed by atoms with Crippen LogP contribution in [0.25, 0.3) is 11.6 Å². The van der Waals surface area contributed by atoms with Crippen LogP contribution in [0.15, 0.2) is 36.4 Å². The molecule has 26 heavy (non-hydrogen) atoms. The second-order valence-electron chi connectivity index (χ2n) is 6.78. The van der Waals surface area contributed by atoms with Crippen LogP contribution in [0.1, 0.15) is 35.4 Å². The molecule has 1 aliphatic heterocycles. The van der Waals surface area contributed by atoms with Gasteiger partial charge >= 0.3 is 0 Å². The van der Waals surface area contributed by atoms with Gasteiger partial charge in [0, 0.05) is 23.2 Å². The van der Waals surface area contributed by atoms with Crippen molar-refractivity contribution in [2.75, 3.05) is 19.5 Å². The molecular formula is C21H22N2O3. The Morgan fingerprint density at radius 3 is 2.35 bits per heavy atom. The number of anilines is 1. The summed E-state index contributed by atoms with van der Waals surface area (Å²) in [7, 11) is 3.16. The smallest absolute Gasteiger partial charge is 0.256 e. The molecule has 5 nitrogen and oxygen atoms in total. The predicted molar refractivity (Wildman–Crippen MR) is 102 cm³/mol. The van der Waals surface area contributed by atoms with Crippen LogP contribution in [0.4, 0.5) is 5.69 Å². The van der Waals surface area contributed by atoms with Crippen LogP contribution < -0.4 is 20.5 Å². The lowest BCUT2D eigenvalue weighted by atomic mass is 9.75. The molecule has 2 unspecified atom stereocenters. The number of fused-ring (bicyclic) bond motifs is 1. The first-order chi connectivity index (χ1) is 12.6. The first-order valence-electron chi connectivity index (χ1n) is 8.75. The minimum atomic E-state index is -0.125. The van der Waals surface area contributed by atoms with Crippen LogP contribution >= 0.6 is 0 Å². The number of methoxy groups -OCH3 is 2. The molecule has 2 aromatic carbocycles. The van der Waals surface area contributed by atoms with Gasteiger partial charge in [-0.25, -0.2) is 0 Å². The van der Waals surface area contributed by atoms with Gasteiger partial charge < -0.3 is 20.5 Å². The van der Waals surface area contributed by atoms with Gasteiger partial charge in [-0.15, -0.1) is 0 Å². The third-order valence-electron chi connectivity index (χ3n) is 5.31. The summed E-state index contributed by atoms with van der Waals surface area (Å²) in [6.07, 6.45) is 4.15. The number of carbonyl (C=O) groups is 1. The minimum Gasteiger partial charge on any atom is -0.493 e. The maximum Gasteiger partial charge on any atom is 0.256 e. The molecule has 3 N–H and O–H groups in total. The zero-order valence-corrected chi connectivity index (χ0v) is 14.9. The molecule has 4 rings (SSSR count). The van der Waals surface area contributed by atoms with Gasteiger partial charge in [-0.1, -0.05) is 24.3 Å². The summed E-state index contributed by atoms with van der Waals surface area (Å²) in [5.41, 5.74) is 10.5. The fourth-order valence-corrected chi connectivity index (χ4v) is 3.61. The van der Waals surface area contributed by atoms with E-state index in [9.17, 15) is 4.79 Å². The van der Waals surface area contributed by atoms with E-state index >= 15 is 0 Å². The second kappa shape index (κ2) is 6.50. The van der Waals surface area contributed by atoms with E-state index in [1.54, 1.807) is 20.3 Å². The standard InChI is InChI=1S/C21H22N2O3/c1-25-19-10-15-16(21(24)23-18(15)11-20(19)26-2)9-12-3-5-13(6-4-12)14-7-8-17(14)22/h3-6,9-11,14,17H,7-8,22H2,1-2H3,(H,23,24)/b16-9+. The Kier molecular flexibility index (Phi) is 4.17. The van der Waals surface area contributed by atoms with Crippen LogP contribution in [0.3, 0.4) is 0 Å². The summed E-state index contributed by atoms with van der Waals surface area (Å²) < 4.78 is 10.7. The molecule has 5 heteroatoms. The van der Waals surface area contributed by atoms with E-state index in [2.05, 4.69) is 17.4 Å². The van der Waals surface area contributed by atoms with E-state index in [0.29, 0.717) is 23.0 Å². The molecule has 0 saturated heterocycles. The average molecular weight is 350 g/mol. The lowest BCUT2D eigenvalue weighted by Crippen LogP contribution is -2.37. The van der Waals surface area contributed by atoms with E-state index in [4.69, 9.17) is 15.2 Å². The van der Waals surface area contributed by atoms with Crippen molar-refractivity contribution in [1.82, 2.24) is 0 Å². The monoisotopic (exact) mass is 350 g/mol. The van der Waals surface area contributed by atoms with Gasteiger partial charge in [0.15, 0.2) is 11.5 Å². The van der Waals surface area contributed by atoms with Gasteiger partial charge in [-0.3, -0.25) is 4.79 Å². The molecule has 0 spiro atoms. The van der Waals surface area contributed by atoms with Crippen LogP contribution in [0, 0.1) is 0 Å². The molecule has 0 radical (unpaired) electrons. The van der Waals surface area contributed by atoms with Crippen molar-refractivity contribution >= 4 is 23.2 Å². The van der Waals surface area contributed by atoms with E-state index in [-0.39, 0.29) is 11.9 Å². The zero-order valence-electron chi connectivity index (χ0n) is 14.9. The molecule has 1 amide bonds. The maximum absolute atomic E-state index is 12.4. The summed E-state index contributed by atoms with van der Waals surface area (Å²) in [4.78, 5) is 12.4. The molecule has 0 bridgehead atoms. The molecule has 134 valence electrons. The van der Waals surface area contributed by atoms with Gasteiger partial charge in [0.2, 0.25) is 0 Å². The van der Waals surface area contributed by atoms with Crippen molar-refractivity contribution < 1.29 is 14.3 Å². The van der Waals surface area contributed by atoms with E-state index in [1.807, 2.05) is 24.3 Å². The number of nitrogens with one attached hydrogen (secondary N) is 1. The third-order valence-corrected chi connectivity index (χ3v) is 5.31. The van der Waals surface area contributed by atoms with Gasteiger partial charge in [0.1, 0.15) is 0 Å². The molecule has 0 aromatic heterocycles. The Bertz CT molecular complexity index is 887. The van der Waals surface area contributed by atoms with Crippen LogP contribution in [-0.4, -0.2) is 26.2 Å². The van der Waals surface area contributed by atoms with Crippen LogP contribution in [0.2, 0.25) is 0 Å². The van der Waals surface area contributed by atoms with Crippen molar-refractivity contribution in [3.63, 3.8) is 0 Å². The summed E-state index contributed by atoms with van der Waals surface area (Å²) >= 11 is 0. The summed E-state index contributed by atoms with van der Waals surface area (Å²) in [5, 5.41) is 2.89. The number of hydrogen-bond donors (Lipinski definition) is 2. The molecule has 2 aliphatic rings. The Morgan fingerprint density at radius 1 is 1.08 bits per heavy atom. The predicted octanol–water partition coefficient (Wildman–Crippen LogP) is 3.40. The summed E-state index contributed by atoms with van der Waals surface area (Å²) in [5.74, 6) is 1.53. The van der Waals surface area contributed by atoms with E-state index in [1.165, 1.54) is 5.56 Å². The number of nitrogens with two attached hydrogens (primary N) is 1. The average Bonchev–Trinajstić information content (AvgIpc) is 2.95. The number of ether oxygens (including phenoxy) is 2. The summed E-state index contributed by atoms with van der Waals surface area (Å²) in [6.45, 7) is 0. The molecule has 1 aliphatic carbocycles. The largest absolute Gasteiger partial charge is 0.493 e. The van der Waals surface area contributed by atoms with Crippen molar-refractivity contribution in [3.8, 4) is 11.5 Å². The highest BCUT2D eigenvalue weighted by Crippen LogP contribution is 2.41. The Balaban J connectivity index is 1.67. The van der Waals surface area contributed by atoms with Crippen molar-refractivity contribution in [2.45, 2.75) is 24.8 Å². The Morgan fingerprint density at radius 2 is 1.77 bits per heavy atom. The molecular weight excluding hydrogens is 328 g/mol. The molecule has 2 aromatic rings. The van der Waals surface area contributed by atoms with Gasteiger partial charge in [0.25, 0.3) is 5.91 Å². The maximum atomic E-state index is 12.4. The third kappa shape index (κ3) is 2.74.